The van der Waals surface area contributed by atoms with Gasteiger partial charge in [-0.05, 0) is 61.0 Å². The zero-order valence-electron chi connectivity index (χ0n) is 15.6. The van der Waals surface area contributed by atoms with E-state index in [9.17, 15) is 30.4 Å². The van der Waals surface area contributed by atoms with Crippen LogP contribution in [0.1, 0.15) is 0 Å². The summed E-state index contributed by atoms with van der Waals surface area (Å²) in [5.41, 5.74) is 0. The summed E-state index contributed by atoms with van der Waals surface area (Å²) < 4.78 is 92.6. The van der Waals surface area contributed by atoms with Gasteiger partial charge in [-0.3, -0.25) is 4.55 Å². The van der Waals surface area contributed by atoms with Gasteiger partial charge < -0.3 is 0 Å². The molecule has 0 saturated heterocycles. The van der Waals surface area contributed by atoms with Crippen molar-refractivity contribution in [3.05, 3.63) is 87.3 Å². The van der Waals surface area contributed by atoms with Gasteiger partial charge in [0, 0.05) is 3.57 Å². The first-order valence-corrected chi connectivity index (χ1v) is 11.3. The largest absolute Gasteiger partial charge is 0.300 e. The molecule has 0 aliphatic heterocycles. The molecule has 3 nitrogen and oxygen atoms in total. The molecule has 0 bridgehead atoms. The lowest BCUT2D eigenvalue weighted by Gasteiger charge is -2.11. The molecule has 5 aromatic carbocycles. The molecule has 10 heteroatoms. The van der Waals surface area contributed by atoms with Gasteiger partial charge in [0.1, 0.15) is 0 Å². The molecule has 32 heavy (non-hydrogen) atoms. The summed E-state index contributed by atoms with van der Waals surface area (Å²) in [6.45, 7) is 0. The Morgan fingerprint density at radius 2 is 1.06 bits per heavy atom. The fraction of sp³-hybridized carbons (Fsp3) is 0. The zero-order valence-corrected chi connectivity index (χ0v) is 18.6. The van der Waals surface area contributed by atoms with Crippen molar-refractivity contribution in [3.63, 3.8) is 0 Å². The molecule has 0 radical (unpaired) electrons. The van der Waals surface area contributed by atoms with E-state index in [1.165, 1.54) is 35.9 Å². The lowest BCUT2D eigenvalue weighted by molar-refractivity contribution is 0.352. The minimum absolute atomic E-state index is 1.33. The fourth-order valence-electron chi connectivity index (χ4n) is 3.51. The van der Waals surface area contributed by atoms with E-state index >= 15 is 0 Å². The Bertz CT molecular complexity index is 1580. The zero-order chi connectivity index (χ0) is 23.4. The van der Waals surface area contributed by atoms with Crippen molar-refractivity contribution in [1.29, 1.82) is 0 Å². The average Bonchev–Trinajstić information content (AvgIpc) is 2.75. The van der Waals surface area contributed by atoms with Crippen LogP contribution >= 0.6 is 22.6 Å². The topological polar surface area (TPSA) is 54.4 Å². The molecule has 1 N–H and O–H groups in total. The minimum Gasteiger partial charge on any atom is -0.282 e. The number of benzene rings is 5. The summed E-state index contributed by atoms with van der Waals surface area (Å²) in [6, 6.07) is 19.8. The van der Waals surface area contributed by atoms with E-state index in [0.29, 0.717) is 0 Å². The molecule has 0 aliphatic rings. The molecule has 5 aromatic rings. The van der Waals surface area contributed by atoms with Crippen LogP contribution in [0.25, 0.3) is 32.3 Å². The van der Waals surface area contributed by atoms with Crippen molar-refractivity contribution in [2.45, 2.75) is 4.90 Å². The van der Waals surface area contributed by atoms with Gasteiger partial charge in [-0.2, -0.15) is 8.42 Å². The smallest absolute Gasteiger partial charge is 0.282 e. The van der Waals surface area contributed by atoms with Crippen LogP contribution in [-0.2, 0) is 10.1 Å². The Morgan fingerprint density at radius 1 is 0.625 bits per heavy atom. The Kier molecular flexibility index (Phi) is 5.72. The van der Waals surface area contributed by atoms with E-state index in [0.717, 1.165) is 0 Å². The van der Waals surface area contributed by atoms with Crippen molar-refractivity contribution >= 4 is 65.0 Å². The van der Waals surface area contributed by atoms with Gasteiger partial charge >= 0.3 is 10.1 Å². The Labute approximate surface area is 191 Å². The first-order chi connectivity index (χ1) is 15.0. The number of hydrogen-bond acceptors (Lipinski definition) is 2. The van der Waals surface area contributed by atoms with E-state index in [4.69, 9.17) is 4.55 Å². The molecule has 0 aromatic heterocycles. The van der Waals surface area contributed by atoms with Crippen LogP contribution in [0, 0.1) is 32.7 Å². The fourth-order valence-corrected chi connectivity index (χ4v) is 4.77. The highest BCUT2D eigenvalue weighted by molar-refractivity contribution is 14.1. The predicted octanol–water partition coefficient (Wildman–Crippen LogP) is 6.82. The molecule has 5 rings (SSSR count). The lowest BCUT2D eigenvalue weighted by atomic mass is 9.94. The summed E-state index contributed by atoms with van der Waals surface area (Å²) >= 11 is 2.42. The van der Waals surface area contributed by atoms with Gasteiger partial charge in [0.2, 0.25) is 5.82 Å². The van der Waals surface area contributed by atoms with Crippen molar-refractivity contribution in [1.82, 2.24) is 0 Å². The van der Waals surface area contributed by atoms with E-state index in [2.05, 4.69) is 77.2 Å². The van der Waals surface area contributed by atoms with Gasteiger partial charge in [-0.1, -0.05) is 48.5 Å². The van der Waals surface area contributed by atoms with Crippen LogP contribution in [0.5, 0.6) is 0 Å². The van der Waals surface area contributed by atoms with Crippen molar-refractivity contribution in [2.75, 3.05) is 0 Å². The molecular weight excluding hydrogens is 566 g/mol. The summed E-state index contributed by atoms with van der Waals surface area (Å²) in [5.74, 6) is -12.6. The van der Waals surface area contributed by atoms with E-state index in [1.807, 2.05) is 0 Å². The lowest BCUT2D eigenvalue weighted by Crippen LogP contribution is -2.11. The molecule has 0 atom stereocenters. The summed E-state index contributed by atoms with van der Waals surface area (Å²) in [4.78, 5) is -2.26. The van der Waals surface area contributed by atoms with Crippen LogP contribution in [0.2, 0.25) is 0 Å². The van der Waals surface area contributed by atoms with Crippen molar-refractivity contribution in [2.24, 2.45) is 0 Å². The van der Waals surface area contributed by atoms with Gasteiger partial charge in [-0.25, -0.2) is 22.0 Å². The van der Waals surface area contributed by atoms with E-state index in [1.54, 1.807) is 0 Å². The number of rotatable bonds is 1. The molecule has 0 fully saturated rings. The maximum atomic E-state index is 12.6. The maximum absolute atomic E-state index is 12.6. The second-order valence-electron chi connectivity index (χ2n) is 6.78. The Balaban J connectivity index is 0.000000155. The Hall–Kier alpha value is -2.57. The molecule has 0 saturated carbocycles. The van der Waals surface area contributed by atoms with Gasteiger partial charge in [0.25, 0.3) is 0 Å². The van der Waals surface area contributed by atoms with Crippen LogP contribution in [0.15, 0.2) is 59.5 Å². The number of hydrogen-bond donors (Lipinski definition) is 1. The standard InChI is InChI=1S/C16H9I.C6HF5O3S/c17-14-9-7-12-5-4-10-2-1-3-11-6-8-13(14)16(12)15(10)11;7-1-2(8)4(10)6(15(12,13)14)5(11)3(1)9/h1-9H;(H,12,13,14). The van der Waals surface area contributed by atoms with Crippen LogP contribution in [0.4, 0.5) is 22.0 Å². The molecule has 0 spiro atoms. The number of halogens is 6. The van der Waals surface area contributed by atoms with Gasteiger partial charge in [-0.15, -0.1) is 0 Å². The molecular formula is C22H10F5IO3S. The third kappa shape index (κ3) is 3.65. The molecule has 0 amide bonds. The average molecular weight is 576 g/mol. The highest BCUT2D eigenvalue weighted by atomic mass is 127. The minimum atomic E-state index is -5.52. The normalized spacial score (nSPS) is 11.8. The molecule has 0 unspecified atom stereocenters. The van der Waals surface area contributed by atoms with Crippen molar-refractivity contribution < 1.29 is 34.9 Å². The van der Waals surface area contributed by atoms with Gasteiger partial charge in [0.05, 0.1) is 0 Å². The van der Waals surface area contributed by atoms with Crippen LogP contribution < -0.4 is 0 Å². The monoisotopic (exact) mass is 576 g/mol. The predicted molar refractivity (Wildman–Crippen MR) is 119 cm³/mol. The quantitative estimate of drug-likeness (QED) is 0.0596. The first-order valence-electron chi connectivity index (χ1n) is 8.83. The molecule has 0 aliphatic carbocycles. The molecule has 164 valence electrons. The van der Waals surface area contributed by atoms with Gasteiger partial charge in [0.15, 0.2) is 28.2 Å². The highest BCUT2D eigenvalue weighted by Crippen LogP contribution is 2.36. The van der Waals surface area contributed by atoms with E-state index < -0.39 is 44.1 Å². The highest BCUT2D eigenvalue weighted by Gasteiger charge is 2.32. The summed E-state index contributed by atoms with van der Waals surface area (Å²) in [6.07, 6.45) is 0. The van der Waals surface area contributed by atoms with E-state index in [-0.39, 0.29) is 0 Å². The summed E-state index contributed by atoms with van der Waals surface area (Å²) in [5, 5.41) is 8.19. The first kappa shape index (κ1) is 22.6. The second-order valence-corrected chi connectivity index (χ2v) is 9.30. The third-order valence-electron chi connectivity index (χ3n) is 4.90. The SMILES string of the molecule is Ic1ccc2ccc3cccc4ccc1c2c34.O=S(=O)(O)c1c(F)c(F)c(F)c(F)c1F. The second kappa shape index (κ2) is 8.09. The summed E-state index contributed by atoms with van der Waals surface area (Å²) in [7, 11) is -5.52. The van der Waals surface area contributed by atoms with Crippen LogP contribution in [-0.4, -0.2) is 13.0 Å². The Morgan fingerprint density at radius 3 is 1.59 bits per heavy atom. The molecule has 0 heterocycles. The van der Waals surface area contributed by atoms with Crippen LogP contribution in [0.3, 0.4) is 0 Å². The van der Waals surface area contributed by atoms with Crippen molar-refractivity contribution in [3.8, 4) is 0 Å². The maximum Gasteiger partial charge on any atom is 0.300 e. The third-order valence-corrected chi connectivity index (χ3v) is 6.72.